The number of fused-ring (bicyclic) bond motifs is 1. The number of benzene rings is 1. The van der Waals surface area contributed by atoms with Gasteiger partial charge in [-0.1, -0.05) is 32.0 Å². The van der Waals surface area contributed by atoms with Gasteiger partial charge < -0.3 is 15.6 Å². The Bertz CT molecular complexity index is 827. The fourth-order valence-corrected chi connectivity index (χ4v) is 3.32. The number of amides is 3. The summed E-state index contributed by atoms with van der Waals surface area (Å²) in [4.78, 5) is 39.9. The third-order valence-corrected chi connectivity index (χ3v) is 4.83. The van der Waals surface area contributed by atoms with Gasteiger partial charge in [0.05, 0.1) is 5.92 Å². The van der Waals surface area contributed by atoms with Crippen molar-refractivity contribution in [2.45, 2.75) is 32.7 Å². The molecule has 0 spiro atoms. The molecule has 0 radical (unpaired) electrons. The molecule has 2 heterocycles. The first-order valence-corrected chi connectivity index (χ1v) is 9.63. The van der Waals surface area contributed by atoms with Gasteiger partial charge in [-0.25, -0.2) is 5.43 Å². The van der Waals surface area contributed by atoms with Crippen molar-refractivity contribution in [1.29, 1.82) is 0 Å². The Morgan fingerprint density at radius 2 is 2.04 bits per heavy atom. The molecule has 0 saturated carbocycles. The molecule has 1 aliphatic rings. The van der Waals surface area contributed by atoms with Crippen molar-refractivity contribution in [2.75, 3.05) is 13.1 Å². The van der Waals surface area contributed by atoms with Crippen LogP contribution in [0.5, 0.6) is 0 Å². The number of hydrogen-bond acceptors (Lipinski definition) is 4. The molecule has 2 atom stereocenters. The topological polar surface area (TPSA) is 115 Å². The number of rotatable bonds is 8. The number of nitrogens with one attached hydrogen (secondary N) is 5. The molecule has 1 aliphatic heterocycles. The molecule has 1 aromatic heterocycles. The molecule has 1 fully saturated rings. The maximum Gasteiger partial charge on any atom is 0.268 e. The van der Waals surface area contributed by atoms with Gasteiger partial charge in [-0.15, -0.1) is 0 Å². The lowest BCUT2D eigenvalue weighted by Crippen LogP contribution is -2.52. The van der Waals surface area contributed by atoms with Gasteiger partial charge in [0.1, 0.15) is 11.7 Å². The van der Waals surface area contributed by atoms with E-state index in [0.29, 0.717) is 25.2 Å². The molecule has 8 nitrogen and oxygen atoms in total. The molecule has 0 bridgehead atoms. The first-order valence-electron chi connectivity index (χ1n) is 9.63. The molecule has 0 aliphatic carbocycles. The zero-order valence-electron chi connectivity index (χ0n) is 16.2. The standard InChI is InChI=1S/C20H27N5O3/c1-12(2)9-16(20(28)25-22-11-14-7-8-21-18(14)26)24-19(27)17-10-13-5-3-4-6-15(13)23-17/h3-6,10,12,14,16,22-23H,7-9,11H2,1-2H3,(H,21,26)(H,24,27)(H,25,28)/t14?,16-/m0/s1. The molecule has 8 heteroatoms. The Balaban J connectivity index is 1.59. The van der Waals surface area contributed by atoms with Crippen molar-refractivity contribution in [3.63, 3.8) is 0 Å². The van der Waals surface area contributed by atoms with E-state index in [1.165, 1.54) is 0 Å². The lowest BCUT2D eigenvalue weighted by atomic mass is 10.0. The Morgan fingerprint density at radius 3 is 2.71 bits per heavy atom. The molecule has 28 heavy (non-hydrogen) atoms. The highest BCUT2D eigenvalue weighted by molar-refractivity contribution is 6.00. The lowest BCUT2D eigenvalue weighted by Gasteiger charge is -2.20. The predicted molar refractivity (Wildman–Crippen MR) is 106 cm³/mol. The Kier molecular flexibility index (Phi) is 6.30. The van der Waals surface area contributed by atoms with Crippen molar-refractivity contribution in [3.8, 4) is 0 Å². The second kappa shape index (κ2) is 8.88. The van der Waals surface area contributed by atoms with Crippen LogP contribution in [0.3, 0.4) is 0 Å². The average Bonchev–Trinajstić information content (AvgIpc) is 3.27. The maximum atomic E-state index is 12.6. The van der Waals surface area contributed by atoms with Gasteiger partial charge in [0.2, 0.25) is 5.91 Å². The number of carbonyl (C=O) groups excluding carboxylic acids is 3. The molecule has 150 valence electrons. The van der Waals surface area contributed by atoms with E-state index in [2.05, 4.69) is 26.5 Å². The van der Waals surface area contributed by atoms with Crippen LogP contribution in [-0.2, 0) is 9.59 Å². The largest absolute Gasteiger partial charge is 0.356 e. The van der Waals surface area contributed by atoms with Gasteiger partial charge >= 0.3 is 0 Å². The fourth-order valence-electron chi connectivity index (χ4n) is 3.32. The highest BCUT2D eigenvalue weighted by Gasteiger charge is 2.26. The van der Waals surface area contributed by atoms with Crippen LogP contribution in [0.4, 0.5) is 0 Å². The summed E-state index contributed by atoms with van der Waals surface area (Å²) in [5, 5.41) is 6.51. The van der Waals surface area contributed by atoms with Gasteiger partial charge in [-0.2, -0.15) is 0 Å². The second-order valence-corrected chi connectivity index (χ2v) is 7.57. The summed E-state index contributed by atoms with van der Waals surface area (Å²) in [5.74, 6) is -0.583. The number of aromatic amines is 1. The highest BCUT2D eigenvalue weighted by Crippen LogP contribution is 2.15. The quantitative estimate of drug-likeness (QED) is 0.437. The smallest absolute Gasteiger partial charge is 0.268 e. The molecule has 3 rings (SSSR count). The molecule has 2 aromatic rings. The van der Waals surface area contributed by atoms with E-state index in [4.69, 9.17) is 0 Å². The Hall–Kier alpha value is -2.87. The van der Waals surface area contributed by atoms with Crippen LogP contribution in [0.15, 0.2) is 30.3 Å². The Labute approximate surface area is 163 Å². The van der Waals surface area contributed by atoms with Crippen LogP contribution in [-0.4, -0.2) is 41.8 Å². The van der Waals surface area contributed by atoms with Crippen molar-refractivity contribution in [1.82, 2.24) is 26.5 Å². The van der Waals surface area contributed by atoms with E-state index in [-0.39, 0.29) is 29.6 Å². The molecular weight excluding hydrogens is 358 g/mol. The van der Waals surface area contributed by atoms with Crippen LogP contribution in [0.1, 0.15) is 37.2 Å². The van der Waals surface area contributed by atoms with Gasteiger partial charge in [-0.3, -0.25) is 19.8 Å². The van der Waals surface area contributed by atoms with Gasteiger partial charge in [0.25, 0.3) is 11.8 Å². The van der Waals surface area contributed by atoms with Crippen LogP contribution < -0.4 is 21.5 Å². The SMILES string of the molecule is CC(C)C[C@H](NC(=O)c1cc2ccccc2[nH]1)C(=O)NNCC1CCNC1=O. The summed E-state index contributed by atoms with van der Waals surface area (Å²) in [7, 11) is 0. The minimum atomic E-state index is -0.677. The number of aromatic nitrogens is 1. The summed E-state index contributed by atoms with van der Waals surface area (Å²) in [5.41, 5.74) is 6.74. The first-order chi connectivity index (χ1) is 13.4. The number of H-pyrrole nitrogens is 1. The molecule has 1 aromatic carbocycles. The normalized spacial score (nSPS) is 17.5. The van der Waals surface area contributed by atoms with Crippen molar-refractivity contribution in [2.24, 2.45) is 11.8 Å². The van der Waals surface area contributed by atoms with Crippen molar-refractivity contribution >= 4 is 28.6 Å². The monoisotopic (exact) mass is 385 g/mol. The molecule has 1 saturated heterocycles. The van der Waals surface area contributed by atoms with E-state index in [1.54, 1.807) is 6.07 Å². The third-order valence-electron chi connectivity index (χ3n) is 4.83. The van der Waals surface area contributed by atoms with Gasteiger partial charge in [0, 0.05) is 24.0 Å². The third kappa shape index (κ3) is 4.89. The summed E-state index contributed by atoms with van der Waals surface area (Å²) < 4.78 is 0. The van der Waals surface area contributed by atoms with Crippen LogP contribution in [0.2, 0.25) is 0 Å². The number of hydrogen-bond donors (Lipinski definition) is 5. The zero-order valence-corrected chi connectivity index (χ0v) is 16.2. The predicted octanol–water partition coefficient (Wildman–Crippen LogP) is 1.07. The highest BCUT2D eigenvalue weighted by atomic mass is 16.2. The summed E-state index contributed by atoms with van der Waals surface area (Å²) >= 11 is 0. The number of carbonyl (C=O) groups is 3. The van der Waals surface area contributed by atoms with Crippen LogP contribution >= 0.6 is 0 Å². The number of para-hydroxylation sites is 1. The summed E-state index contributed by atoms with van der Waals surface area (Å²) in [6.45, 7) is 5.01. The summed E-state index contributed by atoms with van der Waals surface area (Å²) in [6, 6.07) is 8.71. The molecule has 3 amide bonds. The summed E-state index contributed by atoms with van der Waals surface area (Å²) in [6.07, 6.45) is 1.25. The maximum absolute atomic E-state index is 12.6. The minimum absolute atomic E-state index is 0.00686. The van der Waals surface area contributed by atoms with E-state index < -0.39 is 6.04 Å². The fraction of sp³-hybridized carbons (Fsp3) is 0.450. The first kappa shape index (κ1) is 19.9. The minimum Gasteiger partial charge on any atom is -0.356 e. The lowest BCUT2D eigenvalue weighted by molar-refractivity contribution is -0.125. The van der Waals surface area contributed by atoms with Gasteiger partial charge in [0.15, 0.2) is 0 Å². The zero-order chi connectivity index (χ0) is 20.1. The van der Waals surface area contributed by atoms with Crippen LogP contribution in [0.25, 0.3) is 10.9 Å². The van der Waals surface area contributed by atoms with E-state index in [9.17, 15) is 14.4 Å². The van der Waals surface area contributed by atoms with Gasteiger partial charge in [-0.05, 0) is 30.9 Å². The molecule has 1 unspecified atom stereocenters. The number of hydrazine groups is 1. The van der Waals surface area contributed by atoms with E-state index >= 15 is 0 Å². The molecule has 5 N–H and O–H groups in total. The van der Waals surface area contributed by atoms with Crippen LogP contribution in [0, 0.1) is 11.8 Å². The van der Waals surface area contributed by atoms with Crippen molar-refractivity contribution < 1.29 is 14.4 Å². The Morgan fingerprint density at radius 1 is 1.25 bits per heavy atom. The molecular formula is C20H27N5O3. The van der Waals surface area contributed by atoms with E-state index in [1.807, 2.05) is 38.1 Å². The average molecular weight is 385 g/mol. The second-order valence-electron chi connectivity index (χ2n) is 7.57. The van der Waals surface area contributed by atoms with E-state index in [0.717, 1.165) is 17.3 Å². The van der Waals surface area contributed by atoms with Crippen molar-refractivity contribution in [3.05, 3.63) is 36.0 Å².